The molecule has 1 fully saturated rings. The molecule has 1 aliphatic carbocycles. The van der Waals surface area contributed by atoms with Crippen LogP contribution >= 0.6 is 0 Å². The number of alkyl halides is 3. The maximum Gasteiger partial charge on any atom is 0.421 e. The molecule has 2 aromatic carbocycles. The molecule has 1 aliphatic rings. The fraction of sp³-hybridized carbons (Fsp3) is 0.407. The molecule has 3 aromatic rings. The Labute approximate surface area is 209 Å². The number of benzene rings is 2. The highest BCUT2D eigenvalue weighted by Crippen LogP contribution is 2.37. The van der Waals surface area contributed by atoms with Crippen molar-refractivity contribution in [2.45, 2.75) is 70.8 Å². The predicted octanol–water partition coefficient (Wildman–Crippen LogP) is 7.87. The minimum absolute atomic E-state index is 0.0284. The summed E-state index contributed by atoms with van der Waals surface area (Å²) in [4.78, 5) is 8.04. The van der Waals surface area contributed by atoms with Gasteiger partial charge >= 0.3 is 6.18 Å². The van der Waals surface area contributed by atoms with Crippen LogP contribution in [0.2, 0.25) is 0 Å². The van der Waals surface area contributed by atoms with Gasteiger partial charge in [0.25, 0.3) is 0 Å². The van der Waals surface area contributed by atoms with Crippen LogP contribution in [0.25, 0.3) is 0 Å². The molecular weight excluding hydrogens is 469 g/mol. The summed E-state index contributed by atoms with van der Waals surface area (Å²) in [6.07, 6.45) is 2.08. The molecule has 1 heterocycles. The van der Waals surface area contributed by atoms with Gasteiger partial charge in [0.05, 0.1) is 11.8 Å². The quantitative estimate of drug-likeness (QED) is 0.344. The van der Waals surface area contributed by atoms with Gasteiger partial charge in [0.1, 0.15) is 28.5 Å². The molecule has 0 saturated heterocycles. The smallest absolute Gasteiger partial charge is 0.421 e. The Morgan fingerprint density at radius 3 is 2.25 bits per heavy atom. The largest absolute Gasteiger partial charge is 0.490 e. The van der Waals surface area contributed by atoms with E-state index in [4.69, 9.17) is 9.47 Å². The lowest BCUT2D eigenvalue weighted by Crippen LogP contribution is -2.23. The summed E-state index contributed by atoms with van der Waals surface area (Å²) in [6.45, 7) is 5.59. The van der Waals surface area contributed by atoms with E-state index in [0.717, 1.165) is 24.8 Å². The molecule has 9 heteroatoms. The van der Waals surface area contributed by atoms with Gasteiger partial charge in [0.2, 0.25) is 5.95 Å². The van der Waals surface area contributed by atoms with E-state index in [1.807, 2.05) is 32.9 Å². The maximum absolute atomic E-state index is 13.7. The zero-order valence-electron chi connectivity index (χ0n) is 20.7. The van der Waals surface area contributed by atoms with Gasteiger partial charge in [-0.2, -0.15) is 18.2 Å². The number of hydrogen-bond acceptors (Lipinski definition) is 6. The first kappa shape index (κ1) is 25.6. The molecule has 0 amide bonds. The van der Waals surface area contributed by atoms with Gasteiger partial charge in [-0.25, -0.2) is 4.98 Å². The maximum atomic E-state index is 13.7. The van der Waals surface area contributed by atoms with E-state index < -0.39 is 17.3 Å². The zero-order chi connectivity index (χ0) is 25.8. The molecule has 1 saturated carbocycles. The number of nitrogens with zero attached hydrogens (tertiary/aromatic N) is 2. The third kappa shape index (κ3) is 7.02. The van der Waals surface area contributed by atoms with Gasteiger partial charge < -0.3 is 20.1 Å². The van der Waals surface area contributed by atoms with E-state index in [1.165, 1.54) is 19.3 Å². The number of nitrogens with one attached hydrogen (secondary N) is 2. The van der Waals surface area contributed by atoms with Crippen molar-refractivity contribution in [2.75, 3.05) is 10.6 Å². The fourth-order valence-corrected chi connectivity index (χ4v) is 3.98. The fourth-order valence-electron chi connectivity index (χ4n) is 3.98. The van der Waals surface area contributed by atoms with Crippen molar-refractivity contribution in [1.82, 2.24) is 9.97 Å². The summed E-state index contributed by atoms with van der Waals surface area (Å²) in [5, 5.41) is 5.77. The van der Waals surface area contributed by atoms with Crippen LogP contribution in [0.3, 0.4) is 0 Å². The number of ether oxygens (including phenoxy) is 2. The second kappa shape index (κ2) is 10.6. The predicted molar refractivity (Wildman–Crippen MR) is 134 cm³/mol. The summed E-state index contributed by atoms with van der Waals surface area (Å²) >= 11 is 0. The van der Waals surface area contributed by atoms with Crippen LogP contribution in [0, 0.1) is 0 Å². The minimum Gasteiger partial charge on any atom is -0.490 e. The highest BCUT2D eigenvalue weighted by Gasteiger charge is 2.35. The van der Waals surface area contributed by atoms with Crippen LogP contribution in [0.1, 0.15) is 58.4 Å². The highest BCUT2D eigenvalue weighted by molar-refractivity contribution is 5.67. The Kier molecular flexibility index (Phi) is 7.56. The van der Waals surface area contributed by atoms with E-state index in [9.17, 15) is 13.2 Å². The van der Waals surface area contributed by atoms with Gasteiger partial charge in [0.15, 0.2) is 0 Å². The first-order valence-electron chi connectivity index (χ1n) is 12.1. The molecule has 6 nitrogen and oxygen atoms in total. The van der Waals surface area contributed by atoms with Gasteiger partial charge in [-0.1, -0.05) is 18.6 Å². The Balaban J connectivity index is 1.54. The van der Waals surface area contributed by atoms with Crippen molar-refractivity contribution in [1.29, 1.82) is 0 Å². The van der Waals surface area contributed by atoms with Crippen LogP contribution in [-0.4, -0.2) is 21.7 Å². The van der Waals surface area contributed by atoms with Crippen LogP contribution in [-0.2, 0) is 6.18 Å². The Morgan fingerprint density at radius 1 is 0.889 bits per heavy atom. The van der Waals surface area contributed by atoms with E-state index >= 15 is 0 Å². The third-order valence-corrected chi connectivity index (χ3v) is 5.62. The summed E-state index contributed by atoms with van der Waals surface area (Å²) < 4.78 is 53.1. The summed E-state index contributed by atoms with van der Waals surface area (Å²) in [7, 11) is 0. The van der Waals surface area contributed by atoms with Crippen molar-refractivity contribution in [3.63, 3.8) is 0 Å². The average molecular weight is 501 g/mol. The van der Waals surface area contributed by atoms with E-state index in [2.05, 4.69) is 20.6 Å². The Bertz CT molecular complexity index is 1150. The van der Waals surface area contributed by atoms with Gasteiger partial charge in [-0.05, 0) is 82.9 Å². The minimum atomic E-state index is -4.64. The van der Waals surface area contributed by atoms with Crippen molar-refractivity contribution in [3.05, 3.63) is 60.3 Å². The van der Waals surface area contributed by atoms with Crippen molar-refractivity contribution >= 4 is 23.1 Å². The molecule has 0 aliphatic heterocycles. The zero-order valence-corrected chi connectivity index (χ0v) is 20.7. The number of rotatable bonds is 7. The topological polar surface area (TPSA) is 68.3 Å². The van der Waals surface area contributed by atoms with E-state index in [1.54, 1.807) is 36.4 Å². The molecule has 0 atom stereocenters. The molecule has 1 aromatic heterocycles. The Hall–Kier alpha value is -3.49. The number of aromatic nitrogens is 2. The first-order valence-corrected chi connectivity index (χ1v) is 12.1. The SMILES string of the molecule is CC(C)(C)Oc1ccccc1Nc1nc(Nc2ccc(OC3CCCCC3)cc2)ncc1C(F)(F)F. The lowest BCUT2D eigenvalue weighted by Gasteiger charge is -2.24. The Morgan fingerprint density at radius 2 is 1.58 bits per heavy atom. The van der Waals surface area contributed by atoms with E-state index in [0.29, 0.717) is 17.1 Å². The third-order valence-electron chi connectivity index (χ3n) is 5.62. The van der Waals surface area contributed by atoms with Gasteiger partial charge in [0, 0.05) is 11.9 Å². The summed E-state index contributed by atoms with van der Waals surface area (Å²) in [5.74, 6) is 0.835. The molecule has 36 heavy (non-hydrogen) atoms. The van der Waals surface area contributed by atoms with Gasteiger partial charge in [-0.3, -0.25) is 0 Å². The number of halogens is 3. The molecule has 192 valence electrons. The standard InChI is InChI=1S/C27H31F3N4O2/c1-26(2,3)36-23-12-8-7-11-22(23)33-24-21(27(28,29)30)17-31-25(34-24)32-18-13-15-20(16-14-18)35-19-9-5-4-6-10-19/h7-8,11-17,19H,4-6,9-10H2,1-3H3,(H2,31,32,33,34). The second-order valence-electron chi connectivity index (χ2n) is 9.82. The highest BCUT2D eigenvalue weighted by atomic mass is 19.4. The molecule has 0 spiro atoms. The molecule has 4 rings (SSSR count). The first-order chi connectivity index (χ1) is 17.1. The summed E-state index contributed by atoms with van der Waals surface area (Å²) in [5.41, 5.74) is -0.509. The lowest BCUT2D eigenvalue weighted by atomic mass is 9.98. The van der Waals surface area contributed by atoms with Gasteiger partial charge in [-0.15, -0.1) is 0 Å². The van der Waals surface area contributed by atoms with Crippen LogP contribution < -0.4 is 20.1 Å². The van der Waals surface area contributed by atoms with Crippen LogP contribution in [0.15, 0.2) is 54.7 Å². The molecule has 0 bridgehead atoms. The van der Waals surface area contributed by atoms with Crippen molar-refractivity contribution in [2.24, 2.45) is 0 Å². The number of anilines is 4. The number of hydrogen-bond donors (Lipinski definition) is 2. The molecule has 2 N–H and O–H groups in total. The van der Waals surface area contributed by atoms with Crippen LogP contribution in [0.5, 0.6) is 11.5 Å². The van der Waals surface area contributed by atoms with Crippen molar-refractivity contribution < 1.29 is 22.6 Å². The molecular formula is C27H31F3N4O2. The lowest BCUT2D eigenvalue weighted by molar-refractivity contribution is -0.137. The monoisotopic (exact) mass is 500 g/mol. The van der Waals surface area contributed by atoms with E-state index in [-0.39, 0.29) is 17.9 Å². The van der Waals surface area contributed by atoms with Crippen LogP contribution in [0.4, 0.5) is 36.3 Å². The second-order valence-corrected chi connectivity index (χ2v) is 9.82. The molecule has 0 radical (unpaired) electrons. The summed E-state index contributed by atoms with van der Waals surface area (Å²) in [6, 6.07) is 14.0. The normalized spacial score (nSPS) is 14.8. The average Bonchev–Trinajstić information content (AvgIpc) is 2.81. The number of para-hydroxylation sites is 2. The van der Waals surface area contributed by atoms with Crippen molar-refractivity contribution in [3.8, 4) is 11.5 Å². The molecule has 0 unspecified atom stereocenters.